The Morgan fingerprint density at radius 1 is 1.15 bits per heavy atom. The second-order valence-electron chi connectivity index (χ2n) is 6.88. The highest BCUT2D eigenvalue weighted by Crippen LogP contribution is 2.33. The Kier molecular flexibility index (Phi) is 4.75. The topological polar surface area (TPSA) is 54.6 Å². The monoisotopic (exact) mass is 364 g/mol. The number of hydrogen-bond donors (Lipinski definition) is 1. The first-order valence-electron chi connectivity index (χ1n) is 9.26. The van der Waals surface area contributed by atoms with Crippen LogP contribution in [-0.2, 0) is 24.2 Å². The Morgan fingerprint density at radius 2 is 2.00 bits per heavy atom. The number of nitrogens with zero attached hydrogens (tertiary/aromatic N) is 1. The summed E-state index contributed by atoms with van der Waals surface area (Å²) in [5.74, 6) is 1.87. The van der Waals surface area contributed by atoms with E-state index in [0.29, 0.717) is 13.0 Å². The summed E-state index contributed by atoms with van der Waals surface area (Å²) in [6, 6.07) is 14.0. The van der Waals surface area contributed by atoms with Gasteiger partial charge in [-0.05, 0) is 30.2 Å². The molecule has 1 aliphatic rings. The molecule has 0 aliphatic carbocycles. The minimum Gasteiger partial charge on any atom is -0.497 e. The van der Waals surface area contributed by atoms with Crippen molar-refractivity contribution >= 4 is 16.8 Å². The van der Waals surface area contributed by atoms with Crippen LogP contribution in [0.5, 0.6) is 11.5 Å². The van der Waals surface area contributed by atoms with Crippen LogP contribution in [0.25, 0.3) is 10.9 Å². The molecule has 0 saturated carbocycles. The molecule has 1 N–H and O–H groups in total. The van der Waals surface area contributed by atoms with Gasteiger partial charge in [0.15, 0.2) is 0 Å². The summed E-state index contributed by atoms with van der Waals surface area (Å²) in [4.78, 5) is 18.2. The van der Waals surface area contributed by atoms with Crippen LogP contribution in [0.3, 0.4) is 0 Å². The predicted molar refractivity (Wildman–Crippen MR) is 105 cm³/mol. The van der Waals surface area contributed by atoms with Crippen LogP contribution >= 0.6 is 0 Å². The first-order chi connectivity index (χ1) is 13.2. The van der Waals surface area contributed by atoms with Crippen LogP contribution in [-0.4, -0.2) is 36.6 Å². The van der Waals surface area contributed by atoms with Crippen LogP contribution in [0.4, 0.5) is 0 Å². The highest BCUT2D eigenvalue weighted by molar-refractivity contribution is 5.90. The number of aromatic amines is 1. The van der Waals surface area contributed by atoms with Crippen molar-refractivity contribution in [2.45, 2.75) is 25.8 Å². The van der Waals surface area contributed by atoms with Crippen molar-refractivity contribution in [3.63, 3.8) is 0 Å². The molecule has 140 valence electrons. The van der Waals surface area contributed by atoms with E-state index >= 15 is 0 Å². The summed E-state index contributed by atoms with van der Waals surface area (Å²) in [5.41, 5.74) is 4.57. The summed E-state index contributed by atoms with van der Waals surface area (Å²) in [5, 5.41) is 1.15. The number of carbonyl (C=O) groups is 1. The Bertz CT molecular complexity index is 977. The highest BCUT2D eigenvalue weighted by Gasteiger charge is 2.24. The van der Waals surface area contributed by atoms with Crippen molar-refractivity contribution in [2.75, 3.05) is 20.8 Å². The molecule has 2 heterocycles. The summed E-state index contributed by atoms with van der Waals surface area (Å²) >= 11 is 0. The van der Waals surface area contributed by atoms with Gasteiger partial charge in [0.25, 0.3) is 0 Å². The van der Waals surface area contributed by atoms with Gasteiger partial charge in [0.1, 0.15) is 11.5 Å². The lowest BCUT2D eigenvalue weighted by Crippen LogP contribution is -2.35. The minimum absolute atomic E-state index is 0.195. The van der Waals surface area contributed by atoms with E-state index in [4.69, 9.17) is 9.47 Å². The molecule has 3 aromatic rings. The molecule has 5 nitrogen and oxygen atoms in total. The van der Waals surface area contributed by atoms with Gasteiger partial charge in [-0.3, -0.25) is 4.79 Å². The standard InChI is InChI=1S/C22H24N2O3/c1-26-16-6-3-5-15(13-16)9-10-21(25)24-12-11-19-18(14-24)17-7-4-8-20(27-2)22(17)23-19/h3-8,13,23H,9-12,14H2,1-2H3. The molecule has 5 heteroatoms. The van der Waals surface area contributed by atoms with Crippen molar-refractivity contribution in [3.8, 4) is 11.5 Å². The summed E-state index contributed by atoms with van der Waals surface area (Å²) in [6.07, 6.45) is 2.08. The summed E-state index contributed by atoms with van der Waals surface area (Å²) in [6.45, 7) is 1.40. The quantitative estimate of drug-likeness (QED) is 0.751. The van der Waals surface area contributed by atoms with E-state index < -0.39 is 0 Å². The number of rotatable bonds is 5. The van der Waals surface area contributed by atoms with Crippen LogP contribution < -0.4 is 9.47 Å². The average molecular weight is 364 g/mol. The van der Waals surface area contributed by atoms with Crippen LogP contribution in [0.1, 0.15) is 23.2 Å². The van der Waals surface area contributed by atoms with E-state index in [2.05, 4.69) is 11.1 Å². The molecular weight excluding hydrogens is 340 g/mol. The molecule has 0 atom stereocenters. The Balaban J connectivity index is 1.48. The normalized spacial score (nSPS) is 13.5. The maximum Gasteiger partial charge on any atom is 0.223 e. The number of nitrogens with one attached hydrogen (secondary N) is 1. The van der Waals surface area contributed by atoms with Crippen molar-refractivity contribution in [3.05, 3.63) is 59.3 Å². The van der Waals surface area contributed by atoms with E-state index in [1.165, 1.54) is 11.3 Å². The number of benzene rings is 2. The molecular formula is C22H24N2O3. The Hall–Kier alpha value is -2.95. The smallest absolute Gasteiger partial charge is 0.223 e. The molecule has 0 bridgehead atoms. The first kappa shape index (κ1) is 17.5. The first-order valence-corrected chi connectivity index (χ1v) is 9.26. The fraction of sp³-hybridized carbons (Fsp3) is 0.318. The number of aromatic nitrogens is 1. The molecule has 27 heavy (non-hydrogen) atoms. The number of amides is 1. The molecule has 1 aliphatic heterocycles. The largest absolute Gasteiger partial charge is 0.497 e. The summed E-state index contributed by atoms with van der Waals surface area (Å²) in [7, 11) is 3.34. The molecule has 0 spiro atoms. The number of fused-ring (bicyclic) bond motifs is 3. The molecule has 1 aromatic heterocycles. The lowest BCUT2D eigenvalue weighted by atomic mass is 10.0. The molecule has 0 saturated heterocycles. The van der Waals surface area contributed by atoms with E-state index in [0.717, 1.165) is 47.4 Å². The molecule has 1 amide bonds. The maximum atomic E-state index is 12.8. The SMILES string of the molecule is COc1cccc(CCC(=O)N2CCc3[nH]c4c(OC)cccc4c3C2)c1. The lowest BCUT2D eigenvalue weighted by Gasteiger charge is -2.27. The van der Waals surface area contributed by atoms with Crippen molar-refractivity contribution in [1.29, 1.82) is 0 Å². The second kappa shape index (κ2) is 7.35. The van der Waals surface area contributed by atoms with Gasteiger partial charge in [0, 0.05) is 42.6 Å². The third-order valence-electron chi connectivity index (χ3n) is 5.31. The fourth-order valence-electron chi connectivity index (χ4n) is 3.83. The van der Waals surface area contributed by atoms with E-state index in [1.54, 1.807) is 14.2 Å². The van der Waals surface area contributed by atoms with Crippen molar-refractivity contribution in [1.82, 2.24) is 9.88 Å². The third-order valence-corrected chi connectivity index (χ3v) is 5.31. The molecule has 0 unspecified atom stereocenters. The zero-order chi connectivity index (χ0) is 18.8. The van der Waals surface area contributed by atoms with Gasteiger partial charge >= 0.3 is 0 Å². The minimum atomic E-state index is 0.195. The Morgan fingerprint density at radius 3 is 2.81 bits per heavy atom. The summed E-state index contributed by atoms with van der Waals surface area (Å²) < 4.78 is 10.7. The van der Waals surface area contributed by atoms with Crippen molar-refractivity contribution in [2.24, 2.45) is 0 Å². The zero-order valence-electron chi connectivity index (χ0n) is 15.7. The van der Waals surface area contributed by atoms with Crippen LogP contribution in [0.2, 0.25) is 0 Å². The van der Waals surface area contributed by atoms with Crippen LogP contribution in [0, 0.1) is 0 Å². The lowest BCUT2D eigenvalue weighted by molar-refractivity contribution is -0.132. The van der Waals surface area contributed by atoms with E-state index in [9.17, 15) is 4.79 Å². The number of ether oxygens (including phenoxy) is 2. The third kappa shape index (κ3) is 3.37. The van der Waals surface area contributed by atoms with E-state index in [-0.39, 0.29) is 5.91 Å². The van der Waals surface area contributed by atoms with Gasteiger partial charge in [0.2, 0.25) is 5.91 Å². The van der Waals surface area contributed by atoms with Gasteiger partial charge in [-0.15, -0.1) is 0 Å². The molecule has 2 aromatic carbocycles. The zero-order valence-corrected chi connectivity index (χ0v) is 15.7. The number of para-hydroxylation sites is 1. The highest BCUT2D eigenvalue weighted by atomic mass is 16.5. The number of carbonyl (C=O) groups excluding carboxylic acids is 1. The van der Waals surface area contributed by atoms with Gasteiger partial charge in [-0.2, -0.15) is 0 Å². The molecule has 0 fully saturated rings. The number of hydrogen-bond acceptors (Lipinski definition) is 3. The fourth-order valence-corrected chi connectivity index (χ4v) is 3.83. The van der Waals surface area contributed by atoms with Gasteiger partial charge in [-0.25, -0.2) is 0 Å². The van der Waals surface area contributed by atoms with Gasteiger partial charge in [0.05, 0.1) is 19.7 Å². The number of aryl methyl sites for hydroxylation is 1. The maximum absolute atomic E-state index is 12.8. The molecule has 4 rings (SSSR count). The predicted octanol–water partition coefficient (Wildman–Crippen LogP) is 3.70. The van der Waals surface area contributed by atoms with Gasteiger partial charge in [-0.1, -0.05) is 24.3 Å². The van der Waals surface area contributed by atoms with E-state index in [1.807, 2.05) is 41.3 Å². The average Bonchev–Trinajstić information content (AvgIpc) is 3.10. The second-order valence-corrected chi connectivity index (χ2v) is 6.88. The van der Waals surface area contributed by atoms with Crippen molar-refractivity contribution < 1.29 is 14.3 Å². The number of methoxy groups -OCH3 is 2. The molecule has 0 radical (unpaired) electrons. The van der Waals surface area contributed by atoms with Crippen LogP contribution in [0.15, 0.2) is 42.5 Å². The Labute approximate surface area is 158 Å². The number of H-pyrrole nitrogens is 1. The van der Waals surface area contributed by atoms with Gasteiger partial charge < -0.3 is 19.4 Å².